The Labute approximate surface area is 93.9 Å². The number of aromatic nitrogens is 5. The van der Waals surface area contributed by atoms with Gasteiger partial charge in [-0.3, -0.25) is 4.79 Å². The Morgan fingerprint density at radius 3 is 2.88 bits per heavy atom. The van der Waals surface area contributed by atoms with Crippen molar-refractivity contribution in [3.05, 3.63) is 29.8 Å². The molecule has 1 amide bonds. The molecule has 0 aliphatic carbocycles. The molecule has 2 aromatic heterocycles. The molecular weight excluding hydrogens is 228 g/mol. The predicted octanol–water partition coefficient (Wildman–Crippen LogP) is -0.455. The third-order valence-electron chi connectivity index (χ3n) is 1.81. The Balaban J connectivity index is 2.25. The van der Waals surface area contributed by atoms with Crippen LogP contribution in [0.1, 0.15) is 21.1 Å². The van der Waals surface area contributed by atoms with Gasteiger partial charge < -0.3 is 10.4 Å². The van der Waals surface area contributed by atoms with Crippen molar-refractivity contribution in [1.82, 2.24) is 25.6 Å². The number of tetrazole rings is 1. The summed E-state index contributed by atoms with van der Waals surface area (Å²) in [5.74, 6) is -2.10. The SMILES string of the molecule is O=C(Nc1cccnc1C(=O)O)c1nn[nH]n1. The van der Waals surface area contributed by atoms with Crippen LogP contribution in [0.15, 0.2) is 18.3 Å². The maximum absolute atomic E-state index is 11.5. The molecule has 0 aliphatic rings. The summed E-state index contributed by atoms with van der Waals surface area (Å²) < 4.78 is 0. The molecule has 0 fully saturated rings. The van der Waals surface area contributed by atoms with E-state index in [-0.39, 0.29) is 17.2 Å². The van der Waals surface area contributed by atoms with E-state index in [0.29, 0.717) is 0 Å². The normalized spacial score (nSPS) is 9.88. The van der Waals surface area contributed by atoms with Crippen molar-refractivity contribution in [3.63, 3.8) is 0 Å². The van der Waals surface area contributed by atoms with Gasteiger partial charge in [0, 0.05) is 6.20 Å². The summed E-state index contributed by atoms with van der Waals surface area (Å²) in [6.45, 7) is 0. The van der Waals surface area contributed by atoms with Crippen LogP contribution in [0.4, 0.5) is 5.69 Å². The molecule has 0 unspecified atom stereocenters. The number of H-pyrrole nitrogens is 1. The maximum Gasteiger partial charge on any atom is 0.356 e. The second kappa shape index (κ2) is 4.35. The second-order valence-corrected chi connectivity index (χ2v) is 2.89. The third-order valence-corrected chi connectivity index (χ3v) is 1.81. The zero-order chi connectivity index (χ0) is 12.3. The van der Waals surface area contributed by atoms with Crippen molar-refractivity contribution < 1.29 is 14.7 Å². The molecule has 0 atom stereocenters. The largest absolute Gasteiger partial charge is 0.476 e. The molecule has 0 aromatic carbocycles. The topological polar surface area (TPSA) is 134 Å². The molecule has 86 valence electrons. The van der Waals surface area contributed by atoms with E-state index in [0.717, 1.165) is 0 Å². The van der Waals surface area contributed by atoms with Crippen LogP contribution in [-0.2, 0) is 0 Å². The molecule has 0 aliphatic heterocycles. The van der Waals surface area contributed by atoms with Crippen molar-refractivity contribution in [2.45, 2.75) is 0 Å². The average Bonchev–Trinajstić information content (AvgIpc) is 2.83. The number of aromatic amines is 1. The Morgan fingerprint density at radius 2 is 2.24 bits per heavy atom. The van der Waals surface area contributed by atoms with Crippen LogP contribution in [-0.4, -0.2) is 42.6 Å². The fourth-order valence-corrected chi connectivity index (χ4v) is 1.11. The van der Waals surface area contributed by atoms with Crippen LogP contribution < -0.4 is 5.32 Å². The van der Waals surface area contributed by atoms with Gasteiger partial charge in [0.15, 0.2) is 5.69 Å². The molecule has 0 radical (unpaired) electrons. The van der Waals surface area contributed by atoms with Gasteiger partial charge >= 0.3 is 5.97 Å². The van der Waals surface area contributed by atoms with Crippen molar-refractivity contribution in [3.8, 4) is 0 Å². The van der Waals surface area contributed by atoms with Gasteiger partial charge in [-0.25, -0.2) is 9.78 Å². The number of nitrogens with zero attached hydrogens (tertiary/aromatic N) is 4. The lowest BCUT2D eigenvalue weighted by Crippen LogP contribution is -2.17. The molecule has 0 spiro atoms. The lowest BCUT2D eigenvalue weighted by molar-refractivity contribution is 0.0692. The first-order chi connectivity index (χ1) is 8.18. The molecule has 2 aromatic rings. The number of hydrogen-bond donors (Lipinski definition) is 3. The van der Waals surface area contributed by atoms with Gasteiger partial charge in [-0.15, -0.1) is 10.2 Å². The highest BCUT2D eigenvalue weighted by molar-refractivity contribution is 6.04. The Kier molecular flexibility index (Phi) is 2.73. The van der Waals surface area contributed by atoms with Gasteiger partial charge in [0.05, 0.1) is 5.69 Å². The van der Waals surface area contributed by atoms with Crippen molar-refractivity contribution in [2.75, 3.05) is 5.32 Å². The van der Waals surface area contributed by atoms with E-state index in [1.807, 2.05) is 0 Å². The summed E-state index contributed by atoms with van der Waals surface area (Å²) in [6, 6.07) is 2.91. The highest BCUT2D eigenvalue weighted by Gasteiger charge is 2.16. The summed E-state index contributed by atoms with van der Waals surface area (Å²) in [5.41, 5.74) is -0.195. The van der Waals surface area contributed by atoms with Gasteiger partial charge in [0.1, 0.15) is 0 Å². The number of rotatable bonds is 3. The fraction of sp³-hybridized carbons (Fsp3) is 0. The molecule has 2 heterocycles. The quantitative estimate of drug-likeness (QED) is 0.654. The highest BCUT2D eigenvalue weighted by atomic mass is 16.4. The molecule has 9 heteroatoms. The molecular formula is C8H6N6O3. The van der Waals surface area contributed by atoms with E-state index in [9.17, 15) is 9.59 Å². The van der Waals surface area contributed by atoms with Gasteiger partial charge in [0.2, 0.25) is 0 Å². The van der Waals surface area contributed by atoms with E-state index in [2.05, 4.69) is 30.9 Å². The van der Waals surface area contributed by atoms with E-state index in [4.69, 9.17) is 5.11 Å². The molecule has 0 saturated heterocycles. The van der Waals surface area contributed by atoms with E-state index in [1.54, 1.807) is 0 Å². The summed E-state index contributed by atoms with van der Waals surface area (Å²) in [7, 11) is 0. The van der Waals surface area contributed by atoms with E-state index in [1.165, 1.54) is 18.3 Å². The van der Waals surface area contributed by atoms with Crippen molar-refractivity contribution in [2.24, 2.45) is 0 Å². The zero-order valence-corrected chi connectivity index (χ0v) is 8.28. The molecule has 0 saturated carbocycles. The minimum atomic E-state index is -1.24. The Bertz CT molecular complexity index is 552. The number of pyridine rings is 1. The van der Waals surface area contributed by atoms with Crippen molar-refractivity contribution in [1.29, 1.82) is 0 Å². The number of hydrogen-bond acceptors (Lipinski definition) is 6. The number of nitrogens with one attached hydrogen (secondary N) is 2. The number of amides is 1. The van der Waals surface area contributed by atoms with Gasteiger partial charge in [-0.05, 0) is 17.3 Å². The first-order valence-corrected chi connectivity index (χ1v) is 4.41. The predicted molar refractivity (Wildman–Crippen MR) is 53.3 cm³/mol. The average molecular weight is 234 g/mol. The van der Waals surface area contributed by atoms with E-state index < -0.39 is 11.9 Å². The van der Waals surface area contributed by atoms with Crippen LogP contribution in [0.5, 0.6) is 0 Å². The molecule has 0 bridgehead atoms. The first-order valence-electron chi connectivity index (χ1n) is 4.41. The molecule has 9 nitrogen and oxygen atoms in total. The first kappa shape index (κ1) is 10.7. The number of carboxylic acid groups (broad SMARTS) is 1. The summed E-state index contributed by atoms with van der Waals surface area (Å²) in [4.78, 5) is 26.0. The van der Waals surface area contributed by atoms with Gasteiger partial charge in [0.25, 0.3) is 11.7 Å². The monoisotopic (exact) mass is 234 g/mol. The Morgan fingerprint density at radius 1 is 1.41 bits per heavy atom. The number of carboxylic acids is 1. The van der Waals surface area contributed by atoms with Crippen molar-refractivity contribution >= 4 is 17.6 Å². The fourth-order valence-electron chi connectivity index (χ4n) is 1.11. The van der Waals surface area contributed by atoms with Crippen LogP contribution in [0.2, 0.25) is 0 Å². The van der Waals surface area contributed by atoms with Crippen LogP contribution in [0.3, 0.4) is 0 Å². The van der Waals surface area contributed by atoms with Gasteiger partial charge in [-0.1, -0.05) is 0 Å². The minimum Gasteiger partial charge on any atom is -0.476 e. The summed E-state index contributed by atoms with van der Waals surface area (Å²) in [6.07, 6.45) is 1.31. The number of carbonyl (C=O) groups excluding carboxylic acids is 1. The van der Waals surface area contributed by atoms with Crippen LogP contribution in [0.25, 0.3) is 0 Å². The Hall–Kier alpha value is -2.84. The molecule has 2 rings (SSSR count). The molecule has 3 N–H and O–H groups in total. The van der Waals surface area contributed by atoms with Gasteiger partial charge in [-0.2, -0.15) is 5.21 Å². The number of anilines is 1. The summed E-state index contributed by atoms with van der Waals surface area (Å²) >= 11 is 0. The summed E-state index contributed by atoms with van der Waals surface area (Å²) in [5, 5.41) is 23.4. The number of carbonyl (C=O) groups is 2. The zero-order valence-electron chi connectivity index (χ0n) is 8.28. The van der Waals surface area contributed by atoms with Crippen LogP contribution >= 0.6 is 0 Å². The lowest BCUT2D eigenvalue weighted by Gasteiger charge is -2.04. The molecule has 17 heavy (non-hydrogen) atoms. The second-order valence-electron chi connectivity index (χ2n) is 2.89. The smallest absolute Gasteiger partial charge is 0.356 e. The third kappa shape index (κ3) is 2.22. The lowest BCUT2D eigenvalue weighted by atomic mass is 10.3. The standard InChI is InChI=1S/C8H6N6O3/c15-7(6-11-13-14-12-6)10-4-2-1-3-9-5(4)8(16)17/h1-3H,(H,10,15)(H,16,17)(H,11,12,13,14). The maximum atomic E-state index is 11.5. The van der Waals surface area contributed by atoms with E-state index >= 15 is 0 Å². The number of aromatic carboxylic acids is 1. The highest BCUT2D eigenvalue weighted by Crippen LogP contribution is 2.12. The minimum absolute atomic E-state index is 0.0646. The van der Waals surface area contributed by atoms with Crippen LogP contribution in [0, 0.1) is 0 Å².